The van der Waals surface area contributed by atoms with Crippen LogP contribution in [0, 0.1) is 5.92 Å². The molecule has 0 aliphatic rings. The molecule has 0 fully saturated rings. The number of hydrogen-bond acceptors (Lipinski definition) is 3. The lowest BCUT2D eigenvalue weighted by molar-refractivity contribution is -0.118. The molecule has 0 radical (unpaired) electrons. The predicted molar refractivity (Wildman–Crippen MR) is 78.5 cm³/mol. The second kappa shape index (κ2) is 7.76. The highest BCUT2D eigenvalue weighted by Crippen LogP contribution is 2.11. The van der Waals surface area contributed by atoms with E-state index in [-0.39, 0.29) is 30.1 Å². The third-order valence-electron chi connectivity index (χ3n) is 2.66. The van der Waals surface area contributed by atoms with E-state index in [4.69, 9.17) is 5.73 Å². The molecule has 106 valence electrons. The summed E-state index contributed by atoms with van der Waals surface area (Å²) in [6.45, 7) is 3.78. The lowest BCUT2D eigenvalue weighted by Gasteiger charge is -2.15. The molecule has 1 aromatic carbocycles. The van der Waals surface area contributed by atoms with Gasteiger partial charge < -0.3 is 16.4 Å². The van der Waals surface area contributed by atoms with Crippen molar-refractivity contribution in [3.05, 3.63) is 29.8 Å². The van der Waals surface area contributed by atoms with E-state index in [1.165, 1.54) is 0 Å². The number of benzene rings is 1. The number of anilines is 1. The van der Waals surface area contributed by atoms with Crippen molar-refractivity contribution in [2.45, 2.75) is 19.9 Å². The van der Waals surface area contributed by atoms with Crippen LogP contribution in [0.1, 0.15) is 24.2 Å². The minimum Gasteiger partial charge on any atom is -0.355 e. The van der Waals surface area contributed by atoms with Crippen LogP contribution in [-0.2, 0) is 4.79 Å². The maximum atomic E-state index is 11.7. The highest BCUT2D eigenvalue weighted by atomic mass is 35.5. The third kappa shape index (κ3) is 4.89. The molecule has 1 atom stereocenters. The number of amides is 2. The first-order valence-corrected chi connectivity index (χ1v) is 5.84. The monoisotopic (exact) mass is 285 g/mol. The number of carbonyl (C=O) groups is 2. The quantitative estimate of drug-likeness (QED) is 0.781. The van der Waals surface area contributed by atoms with Crippen molar-refractivity contribution in [1.82, 2.24) is 5.32 Å². The molecule has 0 saturated carbocycles. The number of rotatable bonds is 4. The van der Waals surface area contributed by atoms with E-state index in [1.807, 2.05) is 13.8 Å². The van der Waals surface area contributed by atoms with E-state index < -0.39 is 6.04 Å². The van der Waals surface area contributed by atoms with Crippen LogP contribution in [0.4, 0.5) is 5.69 Å². The minimum absolute atomic E-state index is 0. The van der Waals surface area contributed by atoms with Crippen molar-refractivity contribution in [3.63, 3.8) is 0 Å². The molecule has 0 aliphatic heterocycles. The SMILES string of the molecule is CNC(=O)c1ccc(NC(=O)[C@@H](N)C(C)C)cc1.Cl. The van der Waals surface area contributed by atoms with Crippen LogP contribution in [0.3, 0.4) is 0 Å². The zero-order valence-electron chi connectivity index (χ0n) is 11.3. The van der Waals surface area contributed by atoms with Crippen molar-refractivity contribution in [3.8, 4) is 0 Å². The Bertz CT molecular complexity index is 432. The molecule has 0 saturated heterocycles. The highest BCUT2D eigenvalue weighted by molar-refractivity contribution is 5.97. The van der Waals surface area contributed by atoms with Gasteiger partial charge in [0.2, 0.25) is 5.91 Å². The molecule has 0 spiro atoms. The maximum absolute atomic E-state index is 11.7. The Balaban J connectivity index is 0.00000324. The Labute approximate surface area is 119 Å². The van der Waals surface area contributed by atoms with Crippen LogP contribution in [0.15, 0.2) is 24.3 Å². The average molecular weight is 286 g/mol. The van der Waals surface area contributed by atoms with Gasteiger partial charge in [0.25, 0.3) is 5.91 Å². The molecule has 1 rings (SSSR count). The van der Waals surface area contributed by atoms with Gasteiger partial charge in [0.1, 0.15) is 0 Å². The third-order valence-corrected chi connectivity index (χ3v) is 2.66. The number of nitrogens with one attached hydrogen (secondary N) is 2. The van der Waals surface area contributed by atoms with E-state index >= 15 is 0 Å². The predicted octanol–water partition coefficient (Wildman–Crippen LogP) is 1.39. The molecule has 0 aliphatic carbocycles. The summed E-state index contributed by atoms with van der Waals surface area (Å²) in [7, 11) is 1.57. The van der Waals surface area contributed by atoms with Gasteiger partial charge in [0, 0.05) is 18.3 Å². The summed E-state index contributed by atoms with van der Waals surface area (Å²) >= 11 is 0. The Kier molecular flexibility index (Phi) is 7.11. The Morgan fingerprint density at radius 3 is 2.11 bits per heavy atom. The standard InChI is InChI=1S/C13H19N3O2.ClH/c1-8(2)11(14)13(18)16-10-6-4-9(5-7-10)12(17)15-3;/h4-8,11H,14H2,1-3H3,(H,15,17)(H,16,18);1H/t11-;/m0./s1. The lowest BCUT2D eigenvalue weighted by Crippen LogP contribution is -2.39. The first-order chi connectivity index (χ1) is 8.45. The molecule has 5 nitrogen and oxygen atoms in total. The summed E-state index contributed by atoms with van der Waals surface area (Å²) in [5, 5.41) is 5.24. The first-order valence-electron chi connectivity index (χ1n) is 5.84. The van der Waals surface area contributed by atoms with Gasteiger partial charge >= 0.3 is 0 Å². The van der Waals surface area contributed by atoms with E-state index in [9.17, 15) is 9.59 Å². The molecule has 0 bridgehead atoms. The first kappa shape index (κ1) is 17.4. The average Bonchev–Trinajstić information content (AvgIpc) is 2.37. The summed E-state index contributed by atoms with van der Waals surface area (Å²) in [6.07, 6.45) is 0. The maximum Gasteiger partial charge on any atom is 0.251 e. The van der Waals surface area contributed by atoms with Crippen molar-refractivity contribution >= 4 is 29.9 Å². The minimum atomic E-state index is -0.538. The Morgan fingerprint density at radius 1 is 1.16 bits per heavy atom. The normalized spacial score (nSPS) is 11.4. The highest BCUT2D eigenvalue weighted by Gasteiger charge is 2.17. The molecule has 0 unspecified atom stereocenters. The van der Waals surface area contributed by atoms with Gasteiger partial charge in [-0.2, -0.15) is 0 Å². The van der Waals surface area contributed by atoms with Crippen LogP contribution in [-0.4, -0.2) is 24.9 Å². The lowest BCUT2D eigenvalue weighted by atomic mass is 10.0. The van der Waals surface area contributed by atoms with Crippen molar-refractivity contribution in [2.75, 3.05) is 12.4 Å². The second-order valence-electron chi connectivity index (χ2n) is 4.42. The Morgan fingerprint density at radius 2 is 1.68 bits per heavy atom. The van der Waals surface area contributed by atoms with Crippen molar-refractivity contribution < 1.29 is 9.59 Å². The van der Waals surface area contributed by atoms with E-state index in [0.717, 1.165) is 0 Å². The molecule has 2 amide bonds. The van der Waals surface area contributed by atoms with Crippen LogP contribution in [0.5, 0.6) is 0 Å². The summed E-state index contributed by atoms with van der Waals surface area (Å²) in [4.78, 5) is 23.0. The smallest absolute Gasteiger partial charge is 0.251 e. The van der Waals surface area contributed by atoms with Gasteiger partial charge in [-0.25, -0.2) is 0 Å². The fourth-order valence-corrected chi connectivity index (χ4v) is 1.38. The fraction of sp³-hybridized carbons (Fsp3) is 0.385. The zero-order valence-corrected chi connectivity index (χ0v) is 12.1. The molecule has 1 aromatic rings. The molecular formula is C13H20ClN3O2. The fourth-order valence-electron chi connectivity index (χ4n) is 1.38. The van der Waals surface area contributed by atoms with Gasteiger partial charge in [-0.1, -0.05) is 13.8 Å². The van der Waals surface area contributed by atoms with Crippen LogP contribution >= 0.6 is 12.4 Å². The van der Waals surface area contributed by atoms with E-state index in [1.54, 1.807) is 31.3 Å². The van der Waals surface area contributed by atoms with Crippen LogP contribution in [0.25, 0.3) is 0 Å². The van der Waals surface area contributed by atoms with Crippen LogP contribution < -0.4 is 16.4 Å². The molecule has 19 heavy (non-hydrogen) atoms. The van der Waals surface area contributed by atoms with Gasteiger partial charge in [0.05, 0.1) is 6.04 Å². The van der Waals surface area contributed by atoms with Crippen LogP contribution in [0.2, 0.25) is 0 Å². The summed E-state index contributed by atoms with van der Waals surface area (Å²) in [5.41, 5.74) is 6.90. The zero-order chi connectivity index (χ0) is 13.7. The molecule has 0 heterocycles. The Hall–Kier alpha value is -1.59. The van der Waals surface area contributed by atoms with Crippen molar-refractivity contribution in [2.24, 2.45) is 11.7 Å². The largest absolute Gasteiger partial charge is 0.355 e. The number of hydrogen-bond donors (Lipinski definition) is 3. The summed E-state index contributed by atoms with van der Waals surface area (Å²) < 4.78 is 0. The molecule has 4 N–H and O–H groups in total. The number of nitrogens with two attached hydrogens (primary N) is 1. The van der Waals surface area contributed by atoms with Gasteiger partial charge in [-0.3, -0.25) is 9.59 Å². The van der Waals surface area contributed by atoms with Gasteiger partial charge in [0.15, 0.2) is 0 Å². The second-order valence-corrected chi connectivity index (χ2v) is 4.42. The topological polar surface area (TPSA) is 84.2 Å². The van der Waals surface area contributed by atoms with Gasteiger partial charge in [-0.15, -0.1) is 12.4 Å². The summed E-state index contributed by atoms with van der Waals surface area (Å²) in [5.74, 6) is -0.306. The van der Waals surface area contributed by atoms with Gasteiger partial charge in [-0.05, 0) is 30.2 Å². The molecule has 0 aromatic heterocycles. The van der Waals surface area contributed by atoms with E-state index in [0.29, 0.717) is 11.3 Å². The molecular weight excluding hydrogens is 266 g/mol. The number of carbonyl (C=O) groups excluding carboxylic acids is 2. The molecule has 6 heteroatoms. The van der Waals surface area contributed by atoms with Crippen molar-refractivity contribution in [1.29, 1.82) is 0 Å². The van der Waals surface area contributed by atoms with E-state index in [2.05, 4.69) is 10.6 Å². The number of halogens is 1. The summed E-state index contributed by atoms with van der Waals surface area (Å²) in [6, 6.07) is 6.11.